The van der Waals surface area contributed by atoms with E-state index in [1.54, 1.807) is 19.9 Å². The molecule has 1 N–H and O–H groups in total. The predicted octanol–water partition coefficient (Wildman–Crippen LogP) is 3.91. The van der Waals surface area contributed by atoms with Gasteiger partial charge in [0.1, 0.15) is 17.6 Å². The van der Waals surface area contributed by atoms with Crippen LogP contribution in [0.5, 0.6) is 5.75 Å². The van der Waals surface area contributed by atoms with Crippen LogP contribution in [0.2, 0.25) is 5.02 Å². The Bertz CT molecular complexity index is 984. The molecular weight excluding hydrogens is 419 g/mol. The summed E-state index contributed by atoms with van der Waals surface area (Å²) in [6.45, 7) is 3.48. The molecule has 2 aromatic carbocycles. The Balaban J connectivity index is 2.36. The Kier molecular flexibility index (Phi) is 7.48. The fraction of sp³-hybridized carbons (Fsp3) is 0.350. The molecule has 0 aliphatic heterocycles. The normalized spacial score (nSPS) is 13.4. The number of nitrogens with one attached hydrogen (secondary N) is 1. The minimum Gasteiger partial charge on any atom is -0.496 e. The topological polar surface area (TPSA) is 75.7 Å². The highest BCUT2D eigenvalue weighted by Gasteiger charge is 2.32. The number of hydrogen-bond acceptors (Lipinski definition) is 4. The van der Waals surface area contributed by atoms with Crippen molar-refractivity contribution in [3.63, 3.8) is 0 Å². The van der Waals surface area contributed by atoms with Crippen molar-refractivity contribution in [1.29, 1.82) is 0 Å². The van der Waals surface area contributed by atoms with Crippen LogP contribution in [0.15, 0.2) is 42.5 Å². The van der Waals surface area contributed by atoms with Crippen LogP contribution in [0.4, 0.5) is 10.1 Å². The van der Waals surface area contributed by atoms with E-state index in [-0.39, 0.29) is 17.1 Å². The van der Waals surface area contributed by atoms with Gasteiger partial charge in [-0.15, -0.1) is 0 Å². The van der Waals surface area contributed by atoms with Gasteiger partial charge in [-0.05, 0) is 37.6 Å². The summed E-state index contributed by atoms with van der Waals surface area (Å²) in [5, 5.41) is 2.61. The van der Waals surface area contributed by atoms with Crippen molar-refractivity contribution in [2.24, 2.45) is 0 Å². The standard InChI is InChI=1S/C20H24ClFN2O4S/c1-5-18(20(25)23-13(2)15-8-6-7-9-19(15)28-3)24(29(4,26)27)14-10-11-17(22)16(21)12-14/h6-13,18H,5H2,1-4H3,(H,23,25)/t13-,18-/m1/s1. The van der Waals surface area contributed by atoms with Gasteiger partial charge in [0.25, 0.3) is 0 Å². The quantitative estimate of drug-likeness (QED) is 0.672. The van der Waals surface area contributed by atoms with Crippen molar-refractivity contribution in [3.05, 3.63) is 58.9 Å². The smallest absolute Gasteiger partial charge is 0.244 e. The fourth-order valence-corrected chi connectivity index (χ4v) is 4.47. The van der Waals surface area contributed by atoms with Crippen molar-refractivity contribution in [3.8, 4) is 5.75 Å². The predicted molar refractivity (Wildman–Crippen MR) is 112 cm³/mol. The number of ether oxygens (including phenoxy) is 1. The molecule has 29 heavy (non-hydrogen) atoms. The fourth-order valence-electron chi connectivity index (χ4n) is 3.09. The lowest BCUT2D eigenvalue weighted by Crippen LogP contribution is -2.49. The SMILES string of the molecule is CC[C@H](C(=O)N[C@H](C)c1ccccc1OC)N(c1ccc(F)c(Cl)c1)S(C)(=O)=O. The summed E-state index contributed by atoms with van der Waals surface area (Å²) < 4.78 is 44.8. The maximum Gasteiger partial charge on any atom is 0.244 e. The van der Waals surface area contributed by atoms with Crippen LogP contribution in [0.1, 0.15) is 31.9 Å². The first-order chi connectivity index (χ1) is 13.6. The lowest BCUT2D eigenvalue weighted by atomic mass is 10.1. The zero-order valence-corrected chi connectivity index (χ0v) is 18.2. The van der Waals surface area contributed by atoms with E-state index in [1.165, 1.54) is 19.2 Å². The Morgan fingerprint density at radius 3 is 2.48 bits per heavy atom. The second kappa shape index (κ2) is 9.45. The van der Waals surface area contributed by atoms with Crippen molar-refractivity contribution in [2.45, 2.75) is 32.4 Å². The molecule has 0 aliphatic carbocycles. The number of sulfonamides is 1. The third-order valence-electron chi connectivity index (χ3n) is 4.45. The van der Waals surface area contributed by atoms with Crippen molar-refractivity contribution in [1.82, 2.24) is 5.32 Å². The molecule has 2 atom stereocenters. The number of amides is 1. The van der Waals surface area contributed by atoms with Crippen molar-refractivity contribution >= 4 is 33.2 Å². The maximum absolute atomic E-state index is 13.5. The van der Waals surface area contributed by atoms with Crippen LogP contribution >= 0.6 is 11.6 Å². The van der Waals surface area contributed by atoms with Gasteiger partial charge in [0.15, 0.2) is 0 Å². The molecule has 0 saturated heterocycles. The molecule has 2 aromatic rings. The highest BCUT2D eigenvalue weighted by Crippen LogP contribution is 2.28. The second-order valence-corrected chi connectivity index (χ2v) is 8.82. The first-order valence-corrected chi connectivity index (χ1v) is 11.2. The molecule has 6 nitrogen and oxygen atoms in total. The molecule has 2 rings (SSSR count). The van der Waals surface area contributed by atoms with Gasteiger partial charge in [-0.25, -0.2) is 12.8 Å². The lowest BCUT2D eigenvalue weighted by molar-refractivity contribution is -0.122. The van der Waals surface area contributed by atoms with Gasteiger partial charge in [0, 0.05) is 5.56 Å². The third kappa shape index (κ3) is 5.39. The van der Waals surface area contributed by atoms with E-state index in [1.807, 2.05) is 18.2 Å². The molecule has 158 valence electrons. The first-order valence-electron chi connectivity index (χ1n) is 8.97. The molecule has 0 spiro atoms. The number of nitrogens with zero attached hydrogens (tertiary/aromatic N) is 1. The summed E-state index contributed by atoms with van der Waals surface area (Å²) in [7, 11) is -2.32. The van der Waals surface area contributed by atoms with E-state index in [2.05, 4.69) is 5.32 Å². The number of anilines is 1. The summed E-state index contributed by atoms with van der Waals surface area (Å²) in [6.07, 6.45) is 1.19. The van der Waals surface area contributed by atoms with Crippen LogP contribution in [0, 0.1) is 5.82 Å². The maximum atomic E-state index is 13.5. The number of carbonyl (C=O) groups is 1. The number of hydrogen-bond donors (Lipinski definition) is 1. The largest absolute Gasteiger partial charge is 0.496 e. The number of carbonyl (C=O) groups excluding carboxylic acids is 1. The van der Waals surface area contributed by atoms with Crippen LogP contribution in [-0.2, 0) is 14.8 Å². The van der Waals surface area contributed by atoms with Crippen molar-refractivity contribution < 1.29 is 22.3 Å². The number of rotatable bonds is 8. The van der Waals surface area contributed by atoms with Gasteiger partial charge < -0.3 is 10.1 Å². The Hall–Kier alpha value is -2.32. The molecule has 0 aliphatic rings. The Labute approximate surface area is 175 Å². The number of para-hydroxylation sites is 1. The molecule has 0 radical (unpaired) electrons. The summed E-state index contributed by atoms with van der Waals surface area (Å²) in [5.41, 5.74) is 0.875. The van der Waals surface area contributed by atoms with E-state index in [0.717, 1.165) is 22.2 Å². The molecule has 0 saturated carbocycles. The molecule has 9 heteroatoms. The van der Waals surface area contributed by atoms with Gasteiger partial charge in [0.05, 0.1) is 30.1 Å². The Morgan fingerprint density at radius 2 is 1.93 bits per heavy atom. The highest BCUT2D eigenvalue weighted by molar-refractivity contribution is 7.92. The zero-order chi connectivity index (χ0) is 21.8. The van der Waals surface area contributed by atoms with Gasteiger partial charge in [-0.3, -0.25) is 9.10 Å². The highest BCUT2D eigenvalue weighted by atomic mass is 35.5. The summed E-state index contributed by atoms with van der Waals surface area (Å²) >= 11 is 5.82. The van der Waals surface area contributed by atoms with E-state index in [9.17, 15) is 17.6 Å². The monoisotopic (exact) mass is 442 g/mol. The average molecular weight is 443 g/mol. The van der Waals surface area contributed by atoms with Gasteiger partial charge in [-0.1, -0.05) is 36.7 Å². The molecule has 0 fully saturated rings. The van der Waals surface area contributed by atoms with E-state index in [0.29, 0.717) is 5.75 Å². The number of halogens is 2. The second-order valence-electron chi connectivity index (χ2n) is 6.55. The molecule has 0 unspecified atom stereocenters. The zero-order valence-electron chi connectivity index (χ0n) is 16.6. The van der Waals surface area contributed by atoms with Crippen LogP contribution in [0.3, 0.4) is 0 Å². The minimum atomic E-state index is -3.85. The average Bonchev–Trinajstić information content (AvgIpc) is 2.67. The minimum absolute atomic E-state index is 0.117. The molecule has 0 bridgehead atoms. The summed E-state index contributed by atoms with van der Waals surface area (Å²) in [5.74, 6) is -0.554. The summed E-state index contributed by atoms with van der Waals surface area (Å²) in [4.78, 5) is 13.0. The molecular formula is C20H24ClFN2O4S. The van der Waals surface area contributed by atoms with Crippen LogP contribution in [0.25, 0.3) is 0 Å². The summed E-state index contributed by atoms with van der Waals surface area (Å²) in [6, 6.07) is 9.31. The Morgan fingerprint density at radius 1 is 1.28 bits per heavy atom. The molecule has 0 heterocycles. The molecule has 0 aromatic heterocycles. The molecule has 1 amide bonds. The third-order valence-corrected chi connectivity index (χ3v) is 5.92. The van der Waals surface area contributed by atoms with Gasteiger partial charge in [-0.2, -0.15) is 0 Å². The van der Waals surface area contributed by atoms with Crippen LogP contribution < -0.4 is 14.4 Å². The number of methoxy groups -OCH3 is 1. The van der Waals surface area contributed by atoms with Gasteiger partial charge in [0.2, 0.25) is 15.9 Å². The number of benzene rings is 2. The van der Waals surface area contributed by atoms with Gasteiger partial charge >= 0.3 is 0 Å². The van der Waals surface area contributed by atoms with Crippen LogP contribution in [-0.4, -0.2) is 33.7 Å². The lowest BCUT2D eigenvalue weighted by Gasteiger charge is -2.31. The van der Waals surface area contributed by atoms with Crippen molar-refractivity contribution in [2.75, 3.05) is 17.7 Å². The van der Waals surface area contributed by atoms with E-state index < -0.39 is 33.8 Å². The van der Waals surface area contributed by atoms with E-state index in [4.69, 9.17) is 16.3 Å². The first kappa shape index (κ1) is 23.0. The van der Waals surface area contributed by atoms with E-state index >= 15 is 0 Å².